The number of carbonyl (C=O) groups is 2. The van der Waals surface area contributed by atoms with E-state index in [0.29, 0.717) is 11.4 Å². The van der Waals surface area contributed by atoms with Crippen molar-refractivity contribution in [2.24, 2.45) is 0 Å². The van der Waals surface area contributed by atoms with Crippen molar-refractivity contribution >= 4 is 35.3 Å². The monoisotopic (exact) mass is 401 g/mol. The van der Waals surface area contributed by atoms with Gasteiger partial charge in [-0.25, -0.2) is 0 Å². The molecule has 0 bridgehead atoms. The molecule has 0 fully saturated rings. The van der Waals surface area contributed by atoms with Gasteiger partial charge < -0.3 is 5.32 Å². The van der Waals surface area contributed by atoms with Gasteiger partial charge in [0, 0.05) is 23.8 Å². The number of nitrogens with zero attached hydrogens (tertiary/aromatic N) is 2. The van der Waals surface area contributed by atoms with Gasteiger partial charge in [-0.1, -0.05) is 60.3 Å². The van der Waals surface area contributed by atoms with Crippen LogP contribution in [0.25, 0.3) is 6.08 Å². The minimum Gasteiger partial charge on any atom is -0.350 e. The highest BCUT2D eigenvalue weighted by Gasteiger charge is 2.30. The number of fused-ring (bicyclic) bond motifs is 1. The molecule has 1 N–H and O–H groups in total. The Bertz CT molecular complexity index is 1050. The fourth-order valence-corrected chi connectivity index (χ4v) is 4.08. The number of para-hydroxylation sites is 1. The highest BCUT2D eigenvalue weighted by molar-refractivity contribution is 8.04. The summed E-state index contributed by atoms with van der Waals surface area (Å²) in [5.74, 6) is -0.392. The summed E-state index contributed by atoms with van der Waals surface area (Å²) in [5, 5.41) is 2.86. The van der Waals surface area contributed by atoms with Gasteiger partial charge in [0.15, 0.2) is 0 Å². The molecule has 1 aliphatic heterocycles. The number of hydrogen-bond acceptors (Lipinski definition) is 4. The minimum absolute atomic E-state index is 0.0389. The first-order valence-electron chi connectivity index (χ1n) is 9.22. The SMILES string of the molecule is O=C(CN1C(=O)/C(=C/c2ccccc2)Sc2ccccc21)NCc1cccnc1. The van der Waals surface area contributed by atoms with Gasteiger partial charge in [0.2, 0.25) is 5.91 Å². The number of pyridine rings is 1. The zero-order chi connectivity index (χ0) is 20.1. The summed E-state index contributed by atoms with van der Waals surface area (Å²) >= 11 is 1.43. The summed E-state index contributed by atoms with van der Waals surface area (Å²) < 4.78 is 0. The van der Waals surface area contributed by atoms with Crippen LogP contribution in [0.3, 0.4) is 0 Å². The Hall–Kier alpha value is -3.38. The van der Waals surface area contributed by atoms with Crippen LogP contribution in [0.1, 0.15) is 11.1 Å². The summed E-state index contributed by atoms with van der Waals surface area (Å²) in [5.41, 5.74) is 2.61. The van der Waals surface area contributed by atoms with Crippen molar-refractivity contribution in [2.75, 3.05) is 11.4 Å². The zero-order valence-corrected chi connectivity index (χ0v) is 16.4. The molecule has 4 rings (SSSR count). The standard InChI is InChI=1S/C23H19N3O2S/c27-22(25-15-18-9-6-12-24-14-18)16-26-19-10-4-5-11-20(19)29-21(23(26)28)13-17-7-2-1-3-8-17/h1-14H,15-16H2,(H,25,27)/b21-13-. The molecule has 0 saturated carbocycles. The summed E-state index contributed by atoms with van der Waals surface area (Å²) in [7, 11) is 0. The van der Waals surface area contributed by atoms with Crippen molar-refractivity contribution in [3.63, 3.8) is 0 Å². The average molecular weight is 401 g/mol. The number of amides is 2. The van der Waals surface area contributed by atoms with Gasteiger partial charge in [-0.2, -0.15) is 0 Å². The molecular weight excluding hydrogens is 382 g/mol. The molecular formula is C23H19N3O2S. The Morgan fingerprint density at radius 2 is 1.83 bits per heavy atom. The van der Waals surface area contributed by atoms with E-state index >= 15 is 0 Å². The number of anilines is 1. The molecule has 1 aliphatic rings. The van der Waals surface area contributed by atoms with Gasteiger partial charge in [0.1, 0.15) is 6.54 Å². The molecule has 2 amide bonds. The van der Waals surface area contributed by atoms with Gasteiger partial charge >= 0.3 is 0 Å². The van der Waals surface area contributed by atoms with E-state index in [1.165, 1.54) is 11.8 Å². The second-order valence-electron chi connectivity index (χ2n) is 6.52. The lowest BCUT2D eigenvalue weighted by atomic mass is 10.2. The molecule has 3 aromatic rings. The normalized spacial score (nSPS) is 14.6. The predicted molar refractivity (Wildman–Crippen MR) is 115 cm³/mol. The van der Waals surface area contributed by atoms with Crippen LogP contribution in [0.5, 0.6) is 0 Å². The third-order valence-electron chi connectivity index (χ3n) is 4.44. The van der Waals surface area contributed by atoms with Gasteiger partial charge in [0.05, 0.1) is 10.6 Å². The van der Waals surface area contributed by atoms with E-state index in [4.69, 9.17) is 0 Å². The largest absolute Gasteiger partial charge is 0.350 e. The van der Waals surface area contributed by atoms with E-state index in [-0.39, 0.29) is 18.4 Å². The smallest absolute Gasteiger partial charge is 0.265 e. The maximum atomic E-state index is 13.1. The topological polar surface area (TPSA) is 62.3 Å². The Morgan fingerprint density at radius 1 is 1.03 bits per heavy atom. The lowest BCUT2D eigenvalue weighted by Crippen LogP contribution is -2.42. The van der Waals surface area contributed by atoms with Crippen LogP contribution in [0.4, 0.5) is 5.69 Å². The first-order chi connectivity index (χ1) is 14.2. The number of hydrogen-bond donors (Lipinski definition) is 1. The summed E-state index contributed by atoms with van der Waals surface area (Å²) in [6, 6.07) is 21.1. The van der Waals surface area contributed by atoms with E-state index in [0.717, 1.165) is 21.7 Å². The Kier molecular flexibility index (Phi) is 5.72. The first kappa shape index (κ1) is 19.0. The summed E-state index contributed by atoms with van der Waals surface area (Å²) in [4.78, 5) is 32.8. The van der Waals surface area contributed by atoms with Gasteiger partial charge in [-0.3, -0.25) is 19.5 Å². The molecule has 29 heavy (non-hydrogen) atoms. The van der Waals surface area contributed by atoms with Crippen molar-refractivity contribution in [3.05, 3.63) is 95.2 Å². The number of rotatable bonds is 5. The van der Waals surface area contributed by atoms with Crippen LogP contribution in [0.15, 0.2) is 88.9 Å². The molecule has 1 aromatic heterocycles. The molecule has 6 heteroatoms. The van der Waals surface area contributed by atoms with Crippen molar-refractivity contribution < 1.29 is 9.59 Å². The highest BCUT2D eigenvalue weighted by Crippen LogP contribution is 2.41. The second-order valence-corrected chi connectivity index (χ2v) is 7.60. The number of benzene rings is 2. The molecule has 2 aromatic carbocycles. The van der Waals surface area contributed by atoms with Gasteiger partial charge in [0.25, 0.3) is 5.91 Å². The lowest BCUT2D eigenvalue weighted by molar-refractivity contribution is -0.122. The molecule has 0 radical (unpaired) electrons. The molecule has 0 unspecified atom stereocenters. The molecule has 0 atom stereocenters. The first-order valence-corrected chi connectivity index (χ1v) is 10.0. The quantitative estimate of drug-likeness (QED) is 0.659. The lowest BCUT2D eigenvalue weighted by Gasteiger charge is -2.29. The summed E-state index contributed by atoms with van der Waals surface area (Å²) in [6.07, 6.45) is 5.26. The number of aromatic nitrogens is 1. The zero-order valence-electron chi connectivity index (χ0n) is 15.6. The van der Waals surface area contributed by atoms with E-state index < -0.39 is 0 Å². The van der Waals surface area contributed by atoms with E-state index in [1.54, 1.807) is 17.3 Å². The van der Waals surface area contributed by atoms with Gasteiger partial charge in [-0.05, 0) is 35.4 Å². The Balaban J connectivity index is 1.55. The van der Waals surface area contributed by atoms with Crippen LogP contribution < -0.4 is 10.2 Å². The second kappa shape index (κ2) is 8.75. The predicted octanol–water partition coefficient (Wildman–Crippen LogP) is 3.88. The van der Waals surface area contributed by atoms with Crippen LogP contribution in [-0.4, -0.2) is 23.3 Å². The molecule has 5 nitrogen and oxygen atoms in total. The van der Waals surface area contributed by atoms with Crippen molar-refractivity contribution in [3.8, 4) is 0 Å². The fraction of sp³-hybridized carbons (Fsp3) is 0.0870. The number of nitrogens with one attached hydrogen (secondary N) is 1. The van der Waals surface area contributed by atoms with Crippen molar-refractivity contribution in [2.45, 2.75) is 11.4 Å². The maximum absolute atomic E-state index is 13.1. The summed E-state index contributed by atoms with van der Waals surface area (Å²) in [6.45, 7) is 0.334. The van der Waals surface area contributed by atoms with E-state index in [2.05, 4.69) is 10.3 Å². The molecule has 144 valence electrons. The fourth-order valence-electron chi connectivity index (χ4n) is 3.02. The van der Waals surface area contributed by atoms with Crippen LogP contribution >= 0.6 is 11.8 Å². The highest BCUT2D eigenvalue weighted by atomic mass is 32.2. The van der Waals surface area contributed by atoms with Crippen LogP contribution in [0.2, 0.25) is 0 Å². The minimum atomic E-state index is -0.219. The third kappa shape index (κ3) is 4.55. The average Bonchev–Trinajstić information content (AvgIpc) is 2.76. The number of carbonyl (C=O) groups excluding carboxylic acids is 2. The van der Waals surface area contributed by atoms with Crippen molar-refractivity contribution in [1.82, 2.24) is 10.3 Å². The molecule has 0 spiro atoms. The maximum Gasteiger partial charge on any atom is 0.265 e. The van der Waals surface area contributed by atoms with Crippen LogP contribution in [-0.2, 0) is 16.1 Å². The van der Waals surface area contributed by atoms with Crippen molar-refractivity contribution in [1.29, 1.82) is 0 Å². The Morgan fingerprint density at radius 3 is 2.62 bits per heavy atom. The van der Waals surface area contributed by atoms with E-state index in [1.807, 2.05) is 72.8 Å². The van der Waals surface area contributed by atoms with Gasteiger partial charge in [-0.15, -0.1) is 0 Å². The van der Waals surface area contributed by atoms with Crippen LogP contribution in [0, 0.1) is 0 Å². The molecule has 0 saturated heterocycles. The third-order valence-corrected chi connectivity index (χ3v) is 5.52. The number of thioether (sulfide) groups is 1. The Labute approximate surface area is 173 Å². The van der Waals surface area contributed by atoms with E-state index in [9.17, 15) is 9.59 Å². The molecule has 2 heterocycles. The molecule has 0 aliphatic carbocycles.